The van der Waals surface area contributed by atoms with Crippen LogP contribution in [0, 0.1) is 0 Å². The summed E-state index contributed by atoms with van der Waals surface area (Å²) < 4.78 is 0.893. The molecule has 1 aromatic heterocycles. The third kappa shape index (κ3) is 4.01. The van der Waals surface area contributed by atoms with Crippen molar-refractivity contribution >= 4 is 22.8 Å². The van der Waals surface area contributed by atoms with E-state index in [1.165, 1.54) is 0 Å². The standard InChI is InChI=1S/C20H19N3O5/c24-16(25)11-6-12-21-18(26)17(13-7-2-1-3-8-13)23-19(27)14-9-4-5-10-15(14)22-20(23)28/h1-5,7-10,17H,6,11-12H2,(H,21,26)(H,22,28)(H,24,25). The first-order valence-electron chi connectivity index (χ1n) is 8.77. The minimum Gasteiger partial charge on any atom is -0.481 e. The van der Waals surface area contributed by atoms with E-state index in [0.29, 0.717) is 16.5 Å². The summed E-state index contributed by atoms with van der Waals surface area (Å²) in [6.45, 7) is 0.120. The van der Waals surface area contributed by atoms with E-state index in [4.69, 9.17) is 5.11 Å². The number of hydrogen-bond acceptors (Lipinski definition) is 4. The van der Waals surface area contributed by atoms with Gasteiger partial charge in [0, 0.05) is 13.0 Å². The van der Waals surface area contributed by atoms with Gasteiger partial charge in [-0.15, -0.1) is 0 Å². The Morgan fingerprint density at radius 1 is 1.04 bits per heavy atom. The molecule has 0 bridgehead atoms. The number of nitrogens with zero attached hydrogens (tertiary/aromatic N) is 1. The zero-order valence-corrected chi connectivity index (χ0v) is 14.9. The van der Waals surface area contributed by atoms with Gasteiger partial charge >= 0.3 is 11.7 Å². The summed E-state index contributed by atoms with van der Waals surface area (Å²) in [5.74, 6) is -1.52. The van der Waals surface area contributed by atoms with Crippen molar-refractivity contribution in [2.45, 2.75) is 18.9 Å². The number of benzene rings is 2. The molecule has 8 heteroatoms. The average Bonchev–Trinajstić information content (AvgIpc) is 2.69. The molecule has 0 saturated heterocycles. The number of carboxylic acids is 1. The van der Waals surface area contributed by atoms with E-state index in [0.717, 1.165) is 4.57 Å². The highest BCUT2D eigenvalue weighted by Gasteiger charge is 2.26. The number of aromatic nitrogens is 2. The number of nitrogens with one attached hydrogen (secondary N) is 2. The minimum absolute atomic E-state index is 0.0905. The lowest BCUT2D eigenvalue weighted by molar-refractivity contribution is -0.137. The molecule has 0 aliphatic heterocycles. The van der Waals surface area contributed by atoms with Crippen molar-refractivity contribution in [3.63, 3.8) is 0 Å². The first-order valence-corrected chi connectivity index (χ1v) is 8.77. The van der Waals surface area contributed by atoms with Gasteiger partial charge in [0.05, 0.1) is 10.9 Å². The van der Waals surface area contributed by atoms with E-state index < -0.39 is 29.2 Å². The van der Waals surface area contributed by atoms with E-state index in [2.05, 4.69) is 10.3 Å². The number of H-pyrrole nitrogens is 1. The SMILES string of the molecule is O=C(O)CCCNC(=O)C(c1ccccc1)n1c(=O)[nH]c2ccccc2c1=O. The van der Waals surface area contributed by atoms with Gasteiger partial charge in [-0.25, -0.2) is 9.36 Å². The van der Waals surface area contributed by atoms with Crippen LogP contribution >= 0.6 is 0 Å². The Kier molecular flexibility index (Phi) is 5.69. The lowest BCUT2D eigenvalue weighted by Crippen LogP contribution is -2.45. The fourth-order valence-electron chi connectivity index (χ4n) is 3.01. The number of para-hydroxylation sites is 1. The second-order valence-electron chi connectivity index (χ2n) is 6.25. The molecular weight excluding hydrogens is 362 g/mol. The Balaban J connectivity index is 2.04. The van der Waals surface area contributed by atoms with E-state index in [9.17, 15) is 19.2 Å². The molecule has 3 aromatic rings. The number of carbonyl (C=O) groups is 2. The Morgan fingerprint density at radius 2 is 1.71 bits per heavy atom. The molecule has 1 unspecified atom stereocenters. The quantitative estimate of drug-likeness (QED) is 0.532. The van der Waals surface area contributed by atoms with Crippen molar-refractivity contribution in [3.8, 4) is 0 Å². The molecule has 28 heavy (non-hydrogen) atoms. The topological polar surface area (TPSA) is 121 Å². The third-order valence-electron chi connectivity index (χ3n) is 4.33. The highest BCUT2D eigenvalue weighted by atomic mass is 16.4. The number of hydrogen-bond donors (Lipinski definition) is 3. The largest absolute Gasteiger partial charge is 0.481 e. The molecule has 1 atom stereocenters. The summed E-state index contributed by atoms with van der Waals surface area (Å²) in [7, 11) is 0. The summed E-state index contributed by atoms with van der Waals surface area (Å²) in [6, 6.07) is 13.9. The van der Waals surface area contributed by atoms with Crippen LogP contribution in [-0.2, 0) is 9.59 Å². The average molecular weight is 381 g/mol. The monoisotopic (exact) mass is 381 g/mol. The zero-order valence-electron chi connectivity index (χ0n) is 14.9. The number of aliphatic carboxylic acids is 1. The molecule has 0 fully saturated rings. The van der Waals surface area contributed by atoms with E-state index in [1.807, 2.05) is 0 Å². The van der Waals surface area contributed by atoms with Gasteiger partial charge in [-0.3, -0.25) is 14.4 Å². The lowest BCUT2D eigenvalue weighted by atomic mass is 10.1. The summed E-state index contributed by atoms with van der Waals surface area (Å²) in [5, 5.41) is 11.6. The van der Waals surface area contributed by atoms with Crippen LogP contribution in [0.15, 0.2) is 64.2 Å². The first-order chi connectivity index (χ1) is 13.5. The second kappa shape index (κ2) is 8.34. The van der Waals surface area contributed by atoms with Gasteiger partial charge in [-0.05, 0) is 24.1 Å². The van der Waals surface area contributed by atoms with Crippen LogP contribution in [0.5, 0.6) is 0 Å². The van der Waals surface area contributed by atoms with Crippen LogP contribution in [0.4, 0.5) is 0 Å². The minimum atomic E-state index is -1.17. The smallest absolute Gasteiger partial charge is 0.329 e. The summed E-state index contributed by atoms with van der Waals surface area (Å²) in [4.78, 5) is 51.7. The molecule has 1 amide bonds. The van der Waals surface area contributed by atoms with E-state index in [-0.39, 0.29) is 19.4 Å². The Morgan fingerprint density at radius 3 is 2.43 bits per heavy atom. The highest BCUT2D eigenvalue weighted by molar-refractivity contribution is 5.84. The Bertz CT molecular complexity index is 1120. The fourth-order valence-corrected chi connectivity index (χ4v) is 3.01. The van der Waals surface area contributed by atoms with Crippen molar-refractivity contribution in [1.29, 1.82) is 0 Å². The fraction of sp³-hybridized carbons (Fsp3) is 0.200. The van der Waals surface area contributed by atoms with Gasteiger partial charge in [0.15, 0.2) is 0 Å². The maximum absolute atomic E-state index is 13.0. The summed E-state index contributed by atoms with van der Waals surface area (Å²) in [6.07, 6.45) is 0.151. The van der Waals surface area contributed by atoms with Gasteiger partial charge in [0.2, 0.25) is 5.91 Å². The first kappa shape index (κ1) is 19.1. The number of aromatic amines is 1. The molecule has 3 rings (SSSR count). The Hall–Kier alpha value is -3.68. The molecule has 3 N–H and O–H groups in total. The zero-order chi connectivity index (χ0) is 20.1. The van der Waals surface area contributed by atoms with Gasteiger partial charge < -0.3 is 15.4 Å². The van der Waals surface area contributed by atoms with Gasteiger partial charge in [-0.1, -0.05) is 42.5 Å². The van der Waals surface area contributed by atoms with Gasteiger partial charge in [0.1, 0.15) is 6.04 Å². The molecule has 0 saturated carbocycles. The highest BCUT2D eigenvalue weighted by Crippen LogP contribution is 2.16. The van der Waals surface area contributed by atoms with Crippen molar-refractivity contribution in [2.75, 3.05) is 6.54 Å². The van der Waals surface area contributed by atoms with E-state index >= 15 is 0 Å². The predicted octanol–water partition coefficient (Wildman–Crippen LogP) is 1.26. The summed E-state index contributed by atoms with van der Waals surface area (Å²) in [5.41, 5.74) is -0.407. The van der Waals surface area contributed by atoms with Crippen LogP contribution in [0.3, 0.4) is 0 Å². The van der Waals surface area contributed by atoms with Gasteiger partial charge in [0.25, 0.3) is 5.56 Å². The van der Waals surface area contributed by atoms with Crippen LogP contribution in [0.1, 0.15) is 24.4 Å². The molecule has 0 spiro atoms. The molecule has 0 radical (unpaired) electrons. The van der Waals surface area contributed by atoms with Crippen molar-refractivity contribution in [1.82, 2.24) is 14.9 Å². The predicted molar refractivity (Wildman–Crippen MR) is 103 cm³/mol. The number of fused-ring (bicyclic) bond motifs is 1. The number of carbonyl (C=O) groups excluding carboxylic acids is 1. The van der Waals surface area contributed by atoms with Gasteiger partial charge in [-0.2, -0.15) is 0 Å². The molecule has 2 aromatic carbocycles. The number of carboxylic acid groups (broad SMARTS) is 1. The molecular formula is C20H19N3O5. The molecule has 0 aliphatic rings. The van der Waals surface area contributed by atoms with E-state index in [1.54, 1.807) is 54.6 Å². The Labute approximate surface area is 159 Å². The second-order valence-corrected chi connectivity index (χ2v) is 6.25. The van der Waals surface area contributed by atoms with Crippen molar-refractivity contribution < 1.29 is 14.7 Å². The van der Waals surface area contributed by atoms with Crippen molar-refractivity contribution in [2.24, 2.45) is 0 Å². The van der Waals surface area contributed by atoms with Crippen LogP contribution in [-0.4, -0.2) is 33.1 Å². The number of amides is 1. The molecule has 144 valence electrons. The molecule has 0 aliphatic carbocycles. The maximum Gasteiger partial charge on any atom is 0.329 e. The summed E-state index contributed by atoms with van der Waals surface area (Å²) >= 11 is 0. The van der Waals surface area contributed by atoms with Crippen LogP contribution in [0.2, 0.25) is 0 Å². The van der Waals surface area contributed by atoms with Crippen molar-refractivity contribution in [3.05, 3.63) is 81.0 Å². The van der Waals surface area contributed by atoms with Crippen LogP contribution < -0.4 is 16.6 Å². The molecule has 8 nitrogen and oxygen atoms in total. The lowest BCUT2D eigenvalue weighted by Gasteiger charge is -2.19. The number of rotatable bonds is 7. The maximum atomic E-state index is 13.0. The third-order valence-corrected chi connectivity index (χ3v) is 4.33. The normalized spacial score (nSPS) is 11.9. The molecule has 1 heterocycles. The van der Waals surface area contributed by atoms with Crippen LogP contribution in [0.25, 0.3) is 10.9 Å².